The Morgan fingerprint density at radius 2 is 0.789 bits per heavy atom. The number of rotatable bonds is 27. The fraction of sp³-hybridized carbons (Fsp3) is 1.00. The number of hydrogen-bond acceptors (Lipinski definition) is 9. The van der Waals surface area contributed by atoms with Crippen LogP contribution in [0.5, 0.6) is 0 Å². The molecule has 0 amide bonds. The van der Waals surface area contributed by atoms with Gasteiger partial charge in [0.25, 0.3) is 0 Å². The molecule has 12 heteroatoms. The molecule has 2 atom stereocenters. The van der Waals surface area contributed by atoms with Crippen molar-refractivity contribution in [1.82, 2.24) is 0 Å². The van der Waals surface area contributed by atoms with Crippen LogP contribution in [-0.2, 0) is 39.8 Å². The van der Waals surface area contributed by atoms with Gasteiger partial charge in [-0.1, -0.05) is 58.3 Å². The summed E-state index contributed by atoms with van der Waals surface area (Å²) in [4.78, 5) is 0. The van der Waals surface area contributed by atoms with E-state index in [1.54, 1.807) is 42.7 Å². The van der Waals surface area contributed by atoms with Crippen LogP contribution in [0.1, 0.15) is 98.3 Å². The van der Waals surface area contributed by atoms with E-state index in [4.69, 9.17) is 39.8 Å². The van der Waals surface area contributed by atoms with Gasteiger partial charge < -0.3 is 39.8 Å². The smallest absolute Gasteiger partial charge is 0.377 e. The summed E-state index contributed by atoms with van der Waals surface area (Å²) < 4.78 is 54.2. The van der Waals surface area contributed by atoms with Gasteiger partial charge >= 0.3 is 26.4 Å². The van der Waals surface area contributed by atoms with Crippen molar-refractivity contribution in [1.29, 1.82) is 0 Å². The van der Waals surface area contributed by atoms with Crippen LogP contribution in [0.15, 0.2) is 0 Å². The lowest BCUT2D eigenvalue weighted by molar-refractivity contribution is 0.0469. The molecule has 0 bridgehead atoms. The first kappa shape index (κ1) is 38.3. The quantitative estimate of drug-likeness (QED) is 0.0787. The fourth-order valence-electron chi connectivity index (χ4n) is 5.44. The zero-order valence-corrected chi connectivity index (χ0v) is 29.2. The van der Waals surface area contributed by atoms with Crippen LogP contribution >= 0.6 is 0 Å². The normalized spacial score (nSPS) is 14.7. The van der Waals surface area contributed by atoms with Gasteiger partial charge in [-0.3, -0.25) is 0 Å². The Bertz CT molecular complexity index is 519. The minimum atomic E-state index is -3.13. The highest BCUT2D eigenvalue weighted by molar-refractivity contribution is 6.82. The molecule has 0 aliphatic heterocycles. The van der Waals surface area contributed by atoms with Crippen molar-refractivity contribution < 1.29 is 39.8 Å². The van der Waals surface area contributed by atoms with Gasteiger partial charge in [-0.05, 0) is 40.0 Å². The molecule has 0 aromatic rings. The maximum Gasteiger partial charge on any atom is 0.508 e. The van der Waals surface area contributed by atoms with Gasteiger partial charge in [-0.15, -0.1) is 0 Å². The summed E-state index contributed by atoms with van der Waals surface area (Å²) in [5, 5.41) is -0.198. The largest absolute Gasteiger partial charge is 0.508 e. The van der Waals surface area contributed by atoms with Gasteiger partial charge in [-0.2, -0.15) is 0 Å². The standard InChI is InChI=1S/C26H60O9Si3/c1-11-15-16-19-22-25(36(27-5,28-6)29-7)23-20-17-18-21-24-26(37(30-8,31-9)32-10)38(33-12-2,34-13-3)35-14-4/h25-26H,11-24H2,1-10H3. The van der Waals surface area contributed by atoms with Crippen molar-refractivity contribution >= 4 is 26.4 Å². The Morgan fingerprint density at radius 3 is 1.13 bits per heavy atom. The molecule has 0 N–H and O–H groups in total. The zero-order valence-electron chi connectivity index (χ0n) is 26.2. The van der Waals surface area contributed by atoms with Gasteiger partial charge in [0.15, 0.2) is 0 Å². The van der Waals surface area contributed by atoms with Gasteiger partial charge in [0.1, 0.15) is 0 Å². The van der Waals surface area contributed by atoms with E-state index in [-0.39, 0.29) is 5.16 Å². The van der Waals surface area contributed by atoms with Crippen molar-refractivity contribution in [3.63, 3.8) is 0 Å². The van der Waals surface area contributed by atoms with Crippen LogP contribution in [0.25, 0.3) is 0 Å². The van der Waals surface area contributed by atoms with Crippen LogP contribution in [0.2, 0.25) is 10.7 Å². The molecular formula is C26H60O9Si3. The highest BCUT2D eigenvalue weighted by Gasteiger charge is 2.64. The lowest BCUT2D eigenvalue weighted by Gasteiger charge is -2.41. The molecule has 230 valence electrons. The van der Waals surface area contributed by atoms with Crippen LogP contribution in [0.4, 0.5) is 0 Å². The second-order valence-electron chi connectivity index (χ2n) is 9.42. The molecule has 0 heterocycles. The van der Waals surface area contributed by atoms with Gasteiger partial charge in [0, 0.05) is 68.0 Å². The predicted molar refractivity (Wildman–Crippen MR) is 158 cm³/mol. The Balaban J connectivity index is 5.40. The first-order valence-electron chi connectivity index (χ1n) is 14.6. The molecule has 0 rings (SSSR count). The van der Waals surface area contributed by atoms with Crippen molar-refractivity contribution in [2.24, 2.45) is 0 Å². The summed E-state index contributed by atoms with van der Waals surface area (Å²) in [7, 11) is 1.21. The molecule has 9 nitrogen and oxygen atoms in total. The van der Waals surface area contributed by atoms with Crippen molar-refractivity contribution in [2.75, 3.05) is 62.5 Å². The predicted octanol–water partition coefficient (Wildman–Crippen LogP) is 6.38. The summed E-state index contributed by atoms with van der Waals surface area (Å²) in [5.41, 5.74) is 0.316. The van der Waals surface area contributed by atoms with Gasteiger partial charge in [0.2, 0.25) is 0 Å². The summed E-state index contributed by atoms with van der Waals surface area (Å²) in [6.07, 6.45) is 12.1. The second-order valence-corrected chi connectivity index (χ2v) is 19.1. The Kier molecular flexibility index (Phi) is 22.1. The van der Waals surface area contributed by atoms with Crippen molar-refractivity contribution in [2.45, 2.75) is 109 Å². The van der Waals surface area contributed by atoms with E-state index in [1.165, 1.54) is 25.7 Å². The van der Waals surface area contributed by atoms with Crippen molar-refractivity contribution in [3.05, 3.63) is 0 Å². The maximum atomic E-state index is 6.28. The maximum absolute atomic E-state index is 6.28. The Labute approximate surface area is 237 Å². The monoisotopic (exact) mass is 600 g/mol. The first-order valence-corrected chi connectivity index (χ1v) is 20.0. The highest BCUT2D eigenvalue weighted by atomic mass is 28.5. The Morgan fingerprint density at radius 1 is 0.421 bits per heavy atom. The van der Waals surface area contributed by atoms with E-state index in [9.17, 15) is 0 Å². The van der Waals surface area contributed by atoms with Gasteiger partial charge in [0.05, 0.1) is 5.16 Å². The molecule has 0 aromatic carbocycles. The molecule has 2 unspecified atom stereocenters. The highest BCUT2D eigenvalue weighted by Crippen LogP contribution is 2.40. The van der Waals surface area contributed by atoms with Crippen LogP contribution in [-0.4, -0.2) is 88.9 Å². The molecule has 0 aromatic heterocycles. The van der Waals surface area contributed by atoms with Crippen molar-refractivity contribution in [3.8, 4) is 0 Å². The Hall–Kier alpha value is 0.291. The second kappa shape index (κ2) is 22.0. The van der Waals surface area contributed by atoms with Crippen LogP contribution in [0.3, 0.4) is 0 Å². The lowest BCUT2D eigenvalue weighted by atomic mass is 10.0. The van der Waals surface area contributed by atoms with E-state index in [2.05, 4.69) is 6.92 Å². The molecule has 0 radical (unpaired) electrons. The van der Waals surface area contributed by atoms with E-state index in [1.807, 2.05) is 20.8 Å². The summed E-state index contributed by atoms with van der Waals surface area (Å²) in [6.45, 7) is 9.62. The third-order valence-corrected chi connectivity index (χ3v) is 18.8. The summed E-state index contributed by atoms with van der Waals surface area (Å²) in [6, 6.07) is 0. The third kappa shape index (κ3) is 11.3. The minimum Gasteiger partial charge on any atom is -0.377 e. The molecule has 0 saturated carbocycles. The van der Waals surface area contributed by atoms with E-state index in [0.29, 0.717) is 25.4 Å². The first-order chi connectivity index (χ1) is 18.3. The fourth-order valence-corrected chi connectivity index (χ4v) is 16.1. The molecule has 0 fully saturated rings. The zero-order chi connectivity index (χ0) is 28.9. The molecule has 0 aliphatic rings. The number of hydrogen-bond donors (Lipinski definition) is 0. The molecule has 0 saturated heterocycles. The SMILES string of the molecule is CCCCCCC(CCCCCCC([Si](OC)(OC)OC)[Si](OCC)(OCC)OCC)[Si](OC)(OC)OC. The van der Waals surface area contributed by atoms with E-state index in [0.717, 1.165) is 44.9 Å². The number of unbranched alkanes of at least 4 members (excludes halogenated alkanes) is 6. The van der Waals surface area contributed by atoms with Gasteiger partial charge in [-0.25, -0.2) is 0 Å². The van der Waals surface area contributed by atoms with E-state index >= 15 is 0 Å². The molecule has 0 aliphatic carbocycles. The molecular weight excluding hydrogens is 541 g/mol. The average Bonchev–Trinajstić information content (AvgIpc) is 2.93. The summed E-state index contributed by atoms with van der Waals surface area (Å²) >= 11 is 0. The van der Waals surface area contributed by atoms with Crippen LogP contribution < -0.4 is 0 Å². The molecule has 38 heavy (non-hydrogen) atoms. The van der Waals surface area contributed by atoms with E-state index < -0.39 is 26.4 Å². The minimum absolute atomic E-state index is 0.198. The summed E-state index contributed by atoms with van der Waals surface area (Å²) in [5.74, 6) is 0. The van der Waals surface area contributed by atoms with Crippen LogP contribution in [0, 0.1) is 0 Å². The lowest BCUT2D eigenvalue weighted by Crippen LogP contribution is -2.63. The topological polar surface area (TPSA) is 83.1 Å². The third-order valence-electron chi connectivity index (χ3n) is 7.30. The average molecular weight is 601 g/mol. The molecule has 0 spiro atoms.